The molecule has 7 nitrogen and oxygen atoms in total. The number of benzene rings is 1. The van der Waals surface area contributed by atoms with Gasteiger partial charge in [0.25, 0.3) is 0 Å². The second kappa shape index (κ2) is 9.51. The summed E-state index contributed by atoms with van der Waals surface area (Å²) in [5.41, 5.74) is 1.31. The average molecular weight is 481 g/mol. The number of ether oxygens (including phenoxy) is 3. The van der Waals surface area contributed by atoms with Crippen LogP contribution < -0.4 is 0 Å². The Bertz CT molecular complexity index is 861. The normalized spacial score (nSPS) is 35.2. The SMILES string of the molecule is CO[C@H]1O[C@H](CO[Si](C)(C)C(C)(C)C)[C@@H](O)[C@H](O[C@@H]2C=C(C)c3ccccc3[C@@]2(C)O)[C@@H]1O. The molecule has 3 N–H and O–H groups in total. The van der Waals surface area contributed by atoms with E-state index in [1.54, 1.807) is 6.92 Å². The largest absolute Gasteiger partial charge is 0.414 e. The van der Waals surface area contributed by atoms with E-state index >= 15 is 0 Å². The van der Waals surface area contributed by atoms with Gasteiger partial charge in [-0.15, -0.1) is 0 Å². The van der Waals surface area contributed by atoms with Crippen LogP contribution in [0.15, 0.2) is 30.3 Å². The highest BCUT2D eigenvalue weighted by Crippen LogP contribution is 2.41. The van der Waals surface area contributed by atoms with E-state index in [1.165, 1.54) is 7.11 Å². The number of methoxy groups -OCH3 is 1. The summed E-state index contributed by atoms with van der Waals surface area (Å²) in [4.78, 5) is 0. The molecule has 0 amide bonds. The van der Waals surface area contributed by atoms with Gasteiger partial charge in [-0.05, 0) is 54.8 Å². The minimum atomic E-state index is -2.09. The maximum Gasteiger partial charge on any atom is 0.192 e. The van der Waals surface area contributed by atoms with Crippen LogP contribution in [0.2, 0.25) is 18.1 Å². The molecule has 7 atom stereocenters. The molecule has 1 aromatic carbocycles. The van der Waals surface area contributed by atoms with Crippen LogP contribution in [-0.2, 0) is 24.2 Å². The Morgan fingerprint density at radius 1 is 1.12 bits per heavy atom. The fourth-order valence-electron chi connectivity index (χ4n) is 4.14. The van der Waals surface area contributed by atoms with Crippen LogP contribution in [0.5, 0.6) is 0 Å². The van der Waals surface area contributed by atoms with Gasteiger partial charge in [-0.1, -0.05) is 45.0 Å². The van der Waals surface area contributed by atoms with E-state index in [-0.39, 0.29) is 11.6 Å². The first-order valence-corrected chi connectivity index (χ1v) is 14.5. The fraction of sp³-hybridized carbons (Fsp3) is 0.680. The van der Waals surface area contributed by atoms with Crippen LogP contribution in [-0.4, -0.2) is 74.2 Å². The third-order valence-electron chi connectivity index (χ3n) is 7.45. The summed E-state index contributed by atoms with van der Waals surface area (Å²) in [5, 5.41) is 33.4. The molecule has 0 unspecified atom stereocenters. The number of fused-ring (bicyclic) bond motifs is 1. The van der Waals surface area contributed by atoms with Crippen molar-refractivity contribution >= 4 is 13.9 Å². The summed E-state index contributed by atoms with van der Waals surface area (Å²) >= 11 is 0. The lowest BCUT2D eigenvalue weighted by molar-refractivity contribution is -0.310. The molecule has 2 aliphatic rings. The highest BCUT2D eigenvalue weighted by Gasteiger charge is 2.50. The molecule has 0 radical (unpaired) electrons. The molecule has 1 aliphatic carbocycles. The second-order valence-electron chi connectivity index (χ2n) is 10.9. The molecular weight excluding hydrogens is 440 g/mol. The zero-order valence-electron chi connectivity index (χ0n) is 21.0. The molecule has 0 bridgehead atoms. The van der Waals surface area contributed by atoms with E-state index in [4.69, 9.17) is 18.6 Å². The Morgan fingerprint density at radius 2 is 1.76 bits per heavy atom. The molecule has 0 spiro atoms. The van der Waals surface area contributed by atoms with Gasteiger partial charge in [-0.2, -0.15) is 0 Å². The van der Waals surface area contributed by atoms with Crippen molar-refractivity contribution in [1.82, 2.24) is 0 Å². The molecule has 1 heterocycles. The van der Waals surface area contributed by atoms with E-state index < -0.39 is 50.7 Å². The van der Waals surface area contributed by atoms with Crippen molar-refractivity contribution in [3.8, 4) is 0 Å². The number of aliphatic hydroxyl groups is 3. The number of hydrogen-bond donors (Lipinski definition) is 3. The number of hydrogen-bond acceptors (Lipinski definition) is 7. The topological polar surface area (TPSA) is 97.6 Å². The second-order valence-corrected chi connectivity index (χ2v) is 15.7. The molecule has 1 aromatic rings. The van der Waals surface area contributed by atoms with Crippen molar-refractivity contribution in [3.05, 3.63) is 41.5 Å². The van der Waals surface area contributed by atoms with Crippen molar-refractivity contribution in [3.63, 3.8) is 0 Å². The predicted octanol–water partition coefficient (Wildman–Crippen LogP) is 3.18. The molecule has 1 fully saturated rings. The van der Waals surface area contributed by atoms with E-state index in [2.05, 4.69) is 33.9 Å². The van der Waals surface area contributed by atoms with Crippen molar-refractivity contribution in [2.75, 3.05) is 13.7 Å². The monoisotopic (exact) mass is 480 g/mol. The third kappa shape index (κ3) is 5.13. The summed E-state index contributed by atoms with van der Waals surface area (Å²) < 4.78 is 23.7. The predicted molar refractivity (Wildman–Crippen MR) is 129 cm³/mol. The van der Waals surface area contributed by atoms with Crippen molar-refractivity contribution in [1.29, 1.82) is 0 Å². The summed E-state index contributed by atoms with van der Waals surface area (Å²) in [6.07, 6.45) is -4.13. The van der Waals surface area contributed by atoms with E-state index in [0.29, 0.717) is 0 Å². The van der Waals surface area contributed by atoms with Gasteiger partial charge in [0.05, 0.1) is 6.61 Å². The number of rotatable bonds is 6. The molecule has 8 heteroatoms. The zero-order valence-corrected chi connectivity index (χ0v) is 22.0. The number of allylic oxidation sites excluding steroid dienone is 1. The lowest BCUT2D eigenvalue weighted by Gasteiger charge is -2.46. The number of aliphatic hydroxyl groups excluding tert-OH is 2. The molecule has 33 heavy (non-hydrogen) atoms. The van der Waals surface area contributed by atoms with Gasteiger partial charge in [0, 0.05) is 7.11 Å². The molecule has 1 saturated heterocycles. The Labute approximate surface area is 198 Å². The first-order chi connectivity index (χ1) is 15.2. The van der Waals surface area contributed by atoms with Gasteiger partial charge in [0.2, 0.25) is 0 Å². The standard InChI is InChI=1S/C25H40O7Si/c1-15-13-19(25(5,28)17-12-10-9-11-16(15)17)32-22-20(26)18(31-23(29-6)21(22)27)14-30-33(7,8)24(2,3)4/h9-13,18-23,26-28H,14H2,1-8H3/t18-,19-,20-,21+,22+,23+,25-/m1/s1. The maximum atomic E-state index is 11.4. The molecule has 1 aliphatic heterocycles. The molecular formula is C25H40O7Si. The molecule has 0 saturated carbocycles. The zero-order chi connectivity index (χ0) is 24.8. The Kier molecular flexibility index (Phi) is 7.63. The van der Waals surface area contributed by atoms with Gasteiger partial charge >= 0.3 is 0 Å². The maximum absolute atomic E-state index is 11.4. The van der Waals surface area contributed by atoms with Crippen molar-refractivity contribution in [2.45, 2.75) is 95.2 Å². The van der Waals surface area contributed by atoms with E-state index in [1.807, 2.05) is 37.3 Å². The first kappa shape index (κ1) is 26.5. The highest BCUT2D eigenvalue weighted by atomic mass is 28.4. The Balaban J connectivity index is 1.83. The molecule has 3 rings (SSSR count). The van der Waals surface area contributed by atoms with Gasteiger partial charge in [0.15, 0.2) is 14.6 Å². The molecule has 186 valence electrons. The summed E-state index contributed by atoms with van der Waals surface area (Å²) in [6.45, 7) is 14.5. The summed E-state index contributed by atoms with van der Waals surface area (Å²) in [6, 6.07) is 7.62. The smallest absolute Gasteiger partial charge is 0.192 e. The average Bonchev–Trinajstić information content (AvgIpc) is 2.73. The van der Waals surface area contributed by atoms with Crippen LogP contribution in [0.3, 0.4) is 0 Å². The summed E-state index contributed by atoms with van der Waals surface area (Å²) in [5.74, 6) is 0. The van der Waals surface area contributed by atoms with Crippen LogP contribution in [0, 0.1) is 0 Å². The van der Waals surface area contributed by atoms with Gasteiger partial charge in [-0.25, -0.2) is 0 Å². The highest BCUT2D eigenvalue weighted by molar-refractivity contribution is 6.74. The van der Waals surface area contributed by atoms with Crippen molar-refractivity contribution < 1.29 is 34.0 Å². The Hall–Kier alpha value is -1.10. The van der Waals surface area contributed by atoms with Crippen LogP contribution in [0.25, 0.3) is 5.57 Å². The lowest BCUT2D eigenvalue weighted by atomic mass is 9.79. The summed E-state index contributed by atoms with van der Waals surface area (Å²) in [7, 11) is -0.653. The van der Waals surface area contributed by atoms with Gasteiger partial charge in [0.1, 0.15) is 36.1 Å². The lowest BCUT2D eigenvalue weighted by Crippen LogP contribution is -2.62. The van der Waals surface area contributed by atoms with E-state index in [9.17, 15) is 15.3 Å². The first-order valence-electron chi connectivity index (χ1n) is 11.5. The van der Waals surface area contributed by atoms with Crippen molar-refractivity contribution in [2.24, 2.45) is 0 Å². The fourth-order valence-corrected chi connectivity index (χ4v) is 5.16. The van der Waals surface area contributed by atoms with Crippen LogP contribution in [0.1, 0.15) is 45.7 Å². The third-order valence-corrected chi connectivity index (χ3v) is 11.9. The minimum Gasteiger partial charge on any atom is -0.414 e. The van der Waals surface area contributed by atoms with Crippen LogP contribution >= 0.6 is 0 Å². The quantitative estimate of drug-likeness (QED) is 0.538. The molecule has 0 aromatic heterocycles. The van der Waals surface area contributed by atoms with Gasteiger partial charge in [-0.3, -0.25) is 0 Å². The Morgan fingerprint density at radius 3 is 2.36 bits per heavy atom. The minimum absolute atomic E-state index is 0.000790. The van der Waals surface area contributed by atoms with Gasteiger partial charge < -0.3 is 34.0 Å². The van der Waals surface area contributed by atoms with E-state index in [0.717, 1.165) is 16.7 Å². The van der Waals surface area contributed by atoms with Crippen LogP contribution in [0.4, 0.5) is 0 Å².